The molecule has 0 fully saturated rings. The SMILES string of the molecule is CCN(c1ccc(NC(=O)c2cccc(Nc3ncccn3)c2)cc1)C(C)C. The molecule has 1 amide bonds. The van der Waals surface area contributed by atoms with Gasteiger partial charge in [0, 0.05) is 47.6 Å². The number of nitrogens with one attached hydrogen (secondary N) is 2. The minimum Gasteiger partial charge on any atom is -0.369 e. The normalized spacial score (nSPS) is 10.6. The molecule has 2 N–H and O–H groups in total. The fourth-order valence-electron chi connectivity index (χ4n) is 3.02. The Kier molecular flexibility index (Phi) is 6.22. The number of hydrogen-bond acceptors (Lipinski definition) is 5. The number of hydrogen-bond donors (Lipinski definition) is 2. The maximum absolute atomic E-state index is 12.6. The van der Waals surface area contributed by atoms with Gasteiger partial charge in [-0.2, -0.15) is 0 Å². The van der Waals surface area contributed by atoms with Gasteiger partial charge < -0.3 is 15.5 Å². The van der Waals surface area contributed by atoms with Crippen molar-refractivity contribution < 1.29 is 4.79 Å². The number of nitrogens with zero attached hydrogens (tertiary/aromatic N) is 3. The summed E-state index contributed by atoms with van der Waals surface area (Å²) < 4.78 is 0. The van der Waals surface area contributed by atoms with Gasteiger partial charge in [0.25, 0.3) is 5.91 Å². The van der Waals surface area contributed by atoms with Crippen LogP contribution in [0.15, 0.2) is 67.0 Å². The maximum Gasteiger partial charge on any atom is 0.255 e. The molecule has 1 heterocycles. The largest absolute Gasteiger partial charge is 0.369 e. The fourth-order valence-corrected chi connectivity index (χ4v) is 3.02. The van der Waals surface area contributed by atoms with Crippen molar-refractivity contribution in [2.24, 2.45) is 0 Å². The van der Waals surface area contributed by atoms with Crippen molar-refractivity contribution in [2.45, 2.75) is 26.8 Å². The first-order valence-electron chi connectivity index (χ1n) is 9.39. The average Bonchev–Trinajstić information content (AvgIpc) is 2.70. The minimum atomic E-state index is -0.165. The zero-order valence-corrected chi connectivity index (χ0v) is 16.4. The molecule has 1 aromatic heterocycles. The number of anilines is 4. The first-order chi connectivity index (χ1) is 13.6. The van der Waals surface area contributed by atoms with Crippen LogP contribution in [0.5, 0.6) is 0 Å². The van der Waals surface area contributed by atoms with E-state index >= 15 is 0 Å². The zero-order valence-electron chi connectivity index (χ0n) is 16.4. The third-order valence-corrected chi connectivity index (χ3v) is 4.37. The summed E-state index contributed by atoms with van der Waals surface area (Å²) in [5, 5.41) is 6.04. The quantitative estimate of drug-likeness (QED) is 0.626. The summed E-state index contributed by atoms with van der Waals surface area (Å²) in [5.41, 5.74) is 3.22. The van der Waals surface area contributed by atoms with Crippen LogP contribution in [0.1, 0.15) is 31.1 Å². The molecule has 0 spiro atoms. The Bertz CT molecular complexity index is 910. The van der Waals surface area contributed by atoms with Crippen LogP contribution >= 0.6 is 0 Å². The van der Waals surface area contributed by atoms with Crippen LogP contribution in [0.25, 0.3) is 0 Å². The highest BCUT2D eigenvalue weighted by atomic mass is 16.1. The Hall–Kier alpha value is -3.41. The monoisotopic (exact) mass is 375 g/mol. The van der Waals surface area contributed by atoms with E-state index in [4.69, 9.17) is 0 Å². The maximum atomic E-state index is 12.6. The van der Waals surface area contributed by atoms with Gasteiger partial charge in [0.15, 0.2) is 0 Å². The minimum absolute atomic E-state index is 0.165. The van der Waals surface area contributed by atoms with Gasteiger partial charge in [-0.05, 0) is 69.3 Å². The number of rotatable bonds is 7. The molecule has 0 atom stereocenters. The van der Waals surface area contributed by atoms with Gasteiger partial charge in [-0.3, -0.25) is 4.79 Å². The standard InChI is InChI=1S/C22H25N5O/c1-4-27(16(2)3)20-11-9-18(10-12-20)25-21(28)17-7-5-8-19(15-17)26-22-23-13-6-14-24-22/h5-16H,4H2,1-3H3,(H,25,28)(H,23,24,26). The molecule has 2 aromatic carbocycles. The molecule has 3 aromatic rings. The van der Waals surface area contributed by atoms with Gasteiger partial charge in [-0.1, -0.05) is 6.07 Å². The topological polar surface area (TPSA) is 70.2 Å². The van der Waals surface area contributed by atoms with Gasteiger partial charge in [0.05, 0.1) is 0 Å². The molecule has 0 bridgehead atoms. The van der Waals surface area contributed by atoms with Crippen LogP contribution in [0.4, 0.5) is 23.0 Å². The summed E-state index contributed by atoms with van der Waals surface area (Å²) in [7, 11) is 0. The smallest absolute Gasteiger partial charge is 0.255 e. The zero-order chi connectivity index (χ0) is 19.9. The summed E-state index contributed by atoms with van der Waals surface area (Å²) in [6, 6.07) is 17.3. The van der Waals surface area contributed by atoms with E-state index in [-0.39, 0.29) is 5.91 Å². The van der Waals surface area contributed by atoms with Gasteiger partial charge in [0.2, 0.25) is 5.95 Å². The van der Waals surface area contributed by atoms with E-state index < -0.39 is 0 Å². The lowest BCUT2D eigenvalue weighted by Crippen LogP contribution is -2.30. The molecular weight excluding hydrogens is 350 g/mol. The van der Waals surface area contributed by atoms with Crippen molar-refractivity contribution in [3.63, 3.8) is 0 Å². The summed E-state index contributed by atoms with van der Waals surface area (Å²) in [4.78, 5) is 23.2. The van der Waals surface area contributed by atoms with Crippen molar-refractivity contribution in [2.75, 3.05) is 22.1 Å². The summed E-state index contributed by atoms with van der Waals surface area (Å²) in [6.45, 7) is 7.41. The van der Waals surface area contributed by atoms with E-state index in [1.165, 1.54) is 0 Å². The third kappa shape index (κ3) is 4.85. The van der Waals surface area contributed by atoms with Crippen LogP contribution in [-0.2, 0) is 0 Å². The molecule has 0 saturated heterocycles. The number of carbonyl (C=O) groups excluding carboxylic acids is 1. The first kappa shape index (κ1) is 19.4. The number of aromatic nitrogens is 2. The Morgan fingerprint density at radius 1 is 1.00 bits per heavy atom. The Labute approximate surface area is 165 Å². The Balaban J connectivity index is 1.68. The van der Waals surface area contributed by atoms with Crippen molar-refractivity contribution in [3.05, 3.63) is 72.6 Å². The van der Waals surface area contributed by atoms with Crippen molar-refractivity contribution in [1.82, 2.24) is 9.97 Å². The molecule has 6 heteroatoms. The molecule has 0 aliphatic carbocycles. The van der Waals surface area contributed by atoms with Crippen molar-refractivity contribution in [3.8, 4) is 0 Å². The van der Waals surface area contributed by atoms with Crippen LogP contribution in [-0.4, -0.2) is 28.5 Å². The predicted octanol–water partition coefficient (Wildman–Crippen LogP) is 4.71. The number of amides is 1. The lowest BCUT2D eigenvalue weighted by molar-refractivity contribution is 0.102. The van der Waals surface area contributed by atoms with Gasteiger partial charge in [-0.25, -0.2) is 9.97 Å². The number of benzene rings is 2. The van der Waals surface area contributed by atoms with Crippen LogP contribution in [0.2, 0.25) is 0 Å². The van der Waals surface area contributed by atoms with Crippen LogP contribution in [0.3, 0.4) is 0 Å². The molecule has 0 aliphatic rings. The van der Waals surface area contributed by atoms with E-state index in [9.17, 15) is 4.79 Å². The molecule has 0 radical (unpaired) electrons. The molecule has 28 heavy (non-hydrogen) atoms. The fraction of sp³-hybridized carbons (Fsp3) is 0.227. The van der Waals surface area contributed by atoms with E-state index in [1.807, 2.05) is 36.4 Å². The van der Waals surface area contributed by atoms with E-state index in [2.05, 4.69) is 46.3 Å². The van der Waals surface area contributed by atoms with Crippen LogP contribution in [0, 0.1) is 0 Å². The lowest BCUT2D eigenvalue weighted by Gasteiger charge is -2.27. The van der Waals surface area contributed by atoms with Crippen LogP contribution < -0.4 is 15.5 Å². The molecule has 0 unspecified atom stereocenters. The second-order valence-electron chi connectivity index (χ2n) is 6.66. The van der Waals surface area contributed by atoms with Gasteiger partial charge in [0.1, 0.15) is 0 Å². The lowest BCUT2D eigenvalue weighted by atomic mass is 10.1. The summed E-state index contributed by atoms with van der Waals surface area (Å²) >= 11 is 0. The van der Waals surface area contributed by atoms with Crippen molar-refractivity contribution in [1.29, 1.82) is 0 Å². The molecule has 3 rings (SSSR count). The molecule has 6 nitrogen and oxygen atoms in total. The Morgan fingerprint density at radius 2 is 1.71 bits per heavy atom. The number of carbonyl (C=O) groups is 1. The highest BCUT2D eigenvalue weighted by molar-refractivity contribution is 6.04. The van der Waals surface area contributed by atoms with E-state index in [0.717, 1.165) is 23.6 Å². The molecular formula is C22H25N5O. The highest BCUT2D eigenvalue weighted by Crippen LogP contribution is 2.21. The third-order valence-electron chi connectivity index (χ3n) is 4.37. The summed E-state index contributed by atoms with van der Waals surface area (Å²) in [6.07, 6.45) is 3.32. The second-order valence-corrected chi connectivity index (χ2v) is 6.66. The van der Waals surface area contributed by atoms with Gasteiger partial charge >= 0.3 is 0 Å². The predicted molar refractivity (Wildman–Crippen MR) is 114 cm³/mol. The average molecular weight is 375 g/mol. The first-order valence-corrected chi connectivity index (χ1v) is 9.39. The summed E-state index contributed by atoms with van der Waals surface area (Å²) in [5.74, 6) is 0.322. The molecule has 0 saturated carbocycles. The molecule has 144 valence electrons. The second kappa shape index (κ2) is 8.99. The van der Waals surface area contributed by atoms with E-state index in [0.29, 0.717) is 17.6 Å². The van der Waals surface area contributed by atoms with E-state index in [1.54, 1.807) is 30.6 Å². The Morgan fingerprint density at radius 3 is 2.36 bits per heavy atom. The molecule has 0 aliphatic heterocycles. The highest BCUT2D eigenvalue weighted by Gasteiger charge is 2.10. The van der Waals surface area contributed by atoms with Crippen molar-refractivity contribution >= 4 is 28.9 Å². The van der Waals surface area contributed by atoms with Gasteiger partial charge in [-0.15, -0.1) is 0 Å².